The molecule has 2 heterocycles. The quantitative estimate of drug-likeness (QED) is 0.315. The number of carbonyl (C=O) groups is 1. The molecule has 1 aliphatic heterocycles. The molecule has 1 aromatic heterocycles. The van der Waals surface area contributed by atoms with Crippen molar-refractivity contribution in [3.8, 4) is 22.9 Å². The fourth-order valence-corrected chi connectivity index (χ4v) is 4.21. The number of amides is 1. The summed E-state index contributed by atoms with van der Waals surface area (Å²) in [6.07, 6.45) is 0. The van der Waals surface area contributed by atoms with Crippen LogP contribution in [-0.2, 0) is 6.54 Å². The zero-order valence-electron chi connectivity index (χ0n) is 20.9. The average Bonchev–Trinajstić information content (AvgIpc) is 3.41. The minimum Gasteiger partial charge on any atom is -0.490 e. The van der Waals surface area contributed by atoms with Gasteiger partial charge in [0, 0.05) is 31.7 Å². The van der Waals surface area contributed by atoms with Gasteiger partial charge in [0.1, 0.15) is 24.7 Å². The molecule has 0 N–H and O–H groups in total. The second-order valence-corrected chi connectivity index (χ2v) is 8.95. The molecule has 0 saturated carbocycles. The van der Waals surface area contributed by atoms with Crippen molar-refractivity contribution in [3.63, 3.8) is 0 Å². The fourth-order valence-electron chi connectivity index (χ4n) is 4.21. The van der Waals surface area contributed by atoms with Crippen LogP contribution in [0.2, 0.25) is 0 Å². The molecule has 5 rings (SSSR count). The largest absolute Gasteiger partial charge is 0.490 e. The van der Waals surface area contributed by atoms with Crippen molar-refractivity contribution < 1.29 is 18.8 Å². The Labute approximate surface area is 216 Å². The van der Waals surface area contributed by atoms with E-state index in [0.29, 0.717) is 55.9 Å². The van der Waals surface area contributed by atoms with Crippen LogP contribution in [0.25, 0.3) is 11.4 Å². The molecule has 0 atom stereocenters. The Balaban J connectivity index is 1.12. The summed E-state index contributed by atoms with van der Waals surface area (Å²) < 4.78 is 17.1. The maximum atomic E-state index is 13.3. The molecule has 8 nitrogen and oxygen atoms in total. The third-order valence-corrected chi connectivity index (χ3v) is 6.27. The van der Waals surface area contributed by atoms with Crippen molar-refractivity contribution in [1.29, 1.82) is 0 Å². The van der Waals surface area contributed by atoms with E-state index in [1.165, 1.54) is 5.56 Å². The molecule has 1 aliphatic rings. The highest BCUT2D eigenvalue weighted by molar-refractivity contribution is 5.97. The molecular formula is C29H30N4O4. The molecule has 3 aromatic carbocycles. The minimum atomic E-state index is -0.0290. The Morgan fingerprint density at radius 2 is 1.57 bits per heavy atom. The summed E-state index contributed by atoms with van der Waals surface area (Å²) in [6.45, 7) is 6.02. The van der Waals surface area contributed by atoms with E-state index in [4.69, 9.17) is 14.0 Å². The van der Waals surface area contributed by atoms with Crippen LogP contribution in [-0.4, -0.2) is 65.2 Å². The molecule has 8 heteroatoms. The van der Waals surface area contributed by atoms with Crippen LogP contribution >= 0.6 is 0 Å². The highest BCUT2D eigenvalue weighted by atomic mass is 16.5. The van der Waals surface area contributed by atoms with Crippen LogP contribution in [0.1, 0.15) is 21.8 Å². The van der Waals surface area contributed by atoms with Crippen LogP contribution < -0.4 is 9.47 Å². The predicted molar refractivity (Wildman–Crippen MR) is 140 cm³/mol. The summed E-state index contributed by atoms with van der Waals surface area (Å²) in [4.78, 5) is 21.9. The van der Waals surface area contributed by atoms with Crippen LogP contribution in [0, 0.1) is 6.92 Å². The van der Waals surface area contributed by atoms with E-state index >= 15 is 0 Å². The molecule has 37 heavy (non-hydrogen) atoms. The maximum absolute atomic E-state index is 13.3. The molecule has 190 valence electrons. The third-order valence-electron chi connectivity index (χ3n) is 6.27. The van der Waals surface area contributed by atoms with Crippen molar-refractivity contribution in [2.45, 2.75) is 13.5 Å². The molecular weight excluding hydrogens is 468 g/mol. The van der Waals surface area contributed by atoms with Crippen LogP contribution in [0.15, 0.2) is 83.4 Å². The number of aromatic nitrogens is 2. The number of rotatable bonds is 9. The van der Waals surface area contributed by atoms with Gasteiger partial charge in [-0.15, -0.1) is 0 Å². The number of aryl methyl sites for hydroxylation is 1. The van der Waals surface area contributed by atoms with Crippen molar-refractivity contribution in [2.75, 3.05) is 39.4 Å². The first kappa shape index (κ1) is 24.5. The molecule has 0 bridgehead atoms. The van der Waals surface area contributed by atoms with Crippen LogP contribution in [0.5, 0.6) is 11.5 Å². The Morgan fingerprint density at radius 1 is 0.865 bits per heavy atom. The Hall–Kier alpha value is -4.17. The van der Waals surface area contributed by atoms with Gasteiger partial charge < -0.3 is 18.9 Å². The van der Waals surface area contributed by atoms with Gasteiger partial charge in [-0.3, -0.25) is 9.69 Å². The zero-order chi connectivity index (χ0) is 25.5. The summed E-state index contributed by atoms with van der Waals surface area (Å²) in [5, 5.41) is 4.12. The smallest absolute Gasteiger partial charge is 0.257 e. The average molecular weight is 499 g/mol. The Morgan fingerprint density at radius 3 is 2.35 bits per heavy atom. The topological polar surface area (TPSA) is 80.9 Å². The summed E-state index contributed by atoms with van der Waals surface area (Å²) in [5.74, 6) is 2.50. The van der Waals surface area contributed by atoms with Gasteiger partial charge in [-0.25, -0.2) is 0 Å². The highest BCUT2D eigenvalue weighted by Gasteiger charge is 2.25. The first-order chi connectivity index (χ1) is 18.2. The van der Waals surface area contributed by atoms with E-state index in [1.54, 1.807) is 0 Å². The zero-order valence-corrected chi connectivity index (χ0v) is 20.9. The monoisotopic (exact) mass is 498 g/mol. The predicted octanol–water partition coefficient (Wildman–Crippen LogP) is 4.46. The molecule has 0 radical (unpaired) electrons. The van der Waals surface area contributed by atoms with Gasteiger partial charge in [0.05, 0.1) is 12.1 Å². The van der Waals surface area contributed by atoms with Gasteiger partial charge in [0.15, 0.2) is 0 Å². The number of hydrogen-bond acceptors (Lipinski definition) is 7. The molecule has 1 amide bonds. The first-order valence-electron chi connectivity index (χ1n) is 12.5. The van der Waals surface area contributed by atoms with Gasteiger partial charge in [0.25, 0.3) is 5.91 Å². The molecule has 0 aliphatic carbocycles. The van der Waals surface area contributed by atoms with E-state index in [2.05, 4.69) is 15.0 Å². The summed E-state index contributed by atoms with van der Waals surface area (Å²) >= 11 is 0. The fraction of sp³-hybridized carbons (Fsp3) is 0.276. The lowest BCUT2D eigenvalue weighted by Crippen LogP contribution is -2.48. The van der Waals surface area contributed by atoms with Crippen LogP contribution in [0.3, 0.4) is 0 Å². The number of carbonyl (C=O) groups excluding carboxylic acids is 1. The number of ether oxygens (including phenoxy) is 2. The Bertz CT molecular complexity index is 1300. The van der Waals surface area contributed by atoms with Crippen LogP contribution in [0.4, 0.5) is 0 Å². The number of benzene rings is 3. The molecule has 0 unspecified atom stereocenters. The van der Waals surface area contributed by atoms with Gasteiger partial charge in [-0.2, -0.15) is 4.98 Å². The van der Waals surface area contributed by atoms with Crippen molar-refractivity contribution in [1.82, 2.24) is 19.9 Å². The summed E-state index contributed by atoms with van der Waals surface area (Å²) in [7, 11) is 0. The number of nitrogens with zero attached hydrogens (tertiary/aromatic N) is 4. The van der Waals surface area contributed by atoms with E-state index in [9.17, 15) is 4.79 Å². The normalized spacial score (nSPS) is 13.9. The maximum Gasteiger partial charge on any atom is 0.257 e. The number of piperazine rings is 1. The van der Waals surface area contributed by atoms with E-state index in [-0.39, 0.29) is 5.91 Å². The van der Waals surface area contributed by atoms with Gasteiger partial charge in [0.2, 0.25) is 11.7 Å². The first-order valence-corrected chi connectivity index (χ1v) is 12.5. The van der Waals surface area contributed by atoms with E-state index < -0.39 is 0 Å². The van der Waals surface area contributed by atoms with Gasteiger partial charge in [-0.1, -0.05) is 65.3 Å². The molecule has 4 aromatic rings. The van der Waals surface area contributed by atoms with Crippen molar-refractivity contribution in [3.05, 3.63) is 95.9 Å². The van der Waals surface area contributed by atoms with E-state index in [1.807, 2.05) is 90.7 Å². The molecule has 0 spiro atoms. The third kappa shape index (κ3) is 6.34. The van der Waals surface area contributed by atoms with Gasteiger partial charge in [-0.05, 0) is 31.2 Å². The highest BCUT2D eigenvalue weighted by Crippen LogP contribution is 2.22. The van der Waals surface area contributed by atoms with E-state index in [0.717, 1.165) is 24.4 Å². The summed E-state index contributed by atoms with van der Waals surface area (Å²) in [6, 6.07) is 25.0. The lowest BCUT2D eigenvalue weighted by molar-refractivity contribution is 0.0610. The minimum absolute atomic E-state index is 0.0290. The molecule has 1 fully saturated rings. The summed E-state index contributed by atoms with van der Waals surface area (Å²) in [5.41, 5.74) is 2.69. The second kappa shape index (κ2) is 11.7. The van der Waals surface area contributed by atoms with Gasteiger partial charge >= 0.3 is 0 Å². The standard InChI is InChI=1S/C29H30N4O4/c1-22-11-13-23(14-12-22)28-30-27(37-31-28)21-32-15-17-33(18-16-32)29(34)25-9-5-6-10-26(25)36-20-19-35-24-7-3-2-4-8-24/h2-14H,15-21H2,1H3. The lowest BCUT2D eigenvalue weighted by atomic mass is 10.1. The second-order valence-electron chi connectivity index (χ2n) is 8.95. The SMILES string of the molecule is Cc1ccc(-c2noc(CN3CCN(C(=O)c4ccccc4OCCOc4ccccc4)CC3)n2)cc1. The number of para-hydroxylation sites is 2. The number of hydrogen-bond donors (Lipinski definition) is 0. The molecule has 1 saturated heterocycles. The van der Waals surface area contributed by atoms with Crippen molar-refractivity contribution in [2.24, 2.45) is 0 Å². The van der Waals surface area contributed by atoms with Crippen molar-refractivity contribution >= 4 is 5.91 Å². The Kier molecular flexibility index (Phi) is 7.76. The lowest BCUT2D eigenvalue weighted by Gasteiger charge is -2.34.